The first-order chi connectivity index (χ1) is 7.26. The first-order valence-electron chi connectivity index (χ1n) is 4.68. The van der Waals surface area contributed by atoms with Crippen molar-refractivity contribution in [2.75, 3.05) is 6.61 Å². The minimum absolute atomic E-state index is 0.123. The molecule has 3 nitrogen and oxygen atoms in total. The van der Waals surface area contributed by atoms with E-state index in [1.807, 2.05) is 36.3 Å². The zero-order chi connectivity index (χ0) is 11.1. The molecule has 3 heteroatoms. The smallest absolute Gasteiger partial charge is 0.295 e. The molecule has 0 heterocycles. The summed E-state index contributed by atoms with van der Waals surface area (Å²) in [5.41, 5.74) is 1.05. The number of carbonyl (C=O) groups excluding carboxylic acids is 1. The van der Waals surface area contributed by atoms with E-state index < -0.39 is 5.91 Å². The van der Waals surface area contributed by atoms with Crippen molar-refractivity contribution >= 4 is 5.91 Å². The molecule has 1 aromatic rings. The average molecular weight is 203 g/mol. The Morgan fingerprint density at radius 3 is 2.67 bits per heavy atom. The van der Waals surface area contributed by atoms with Crippen LogP contribution in [0.25, 0.3) is 0 Å². The molecule has 0 fully saturated rings. The van der Waals surface area contributed by atoms with Crippen molar-refractivity contribution in [1.82, 2.24) is 5.32 Å². The predicted molar refractivity (Wildman–Crippen MR) is 58.0 cm³/mol. The normalized spacial score (nSPS) is 11.5. The summed E-state index contributed by atoms with van der Waals surface area (Å²) in [6, 6.07) is 9.28. The van der Waals surface area contributed by atoms with Crippen LogP contribution < -0.4 is 5.32 Å². The zero-order valence-electron chi connectivity index (χ0n) is 8.31. The molecule has 0 saturated heterocycles. The second kappa shape index (κ2) is 5.84. The van der Waals surface area contributed by atoms with Gasteiger partial charge in [-0.15, -0.1) is 6.42 Å². The van der Waals surface area contributed by atoms with E-state index in [2.05, 4.69) is 5.32 Å². The van der Waals surface area contributed by atoms with Gasteiger partial charge in [0, 0.05) is 0 Å². The van der Waals surface area contributed by atoms with E-state index in [1.54, 1.807) is 0 Å². The van der Waals surface area contributed by atoms with Crippen LogP contribution in [0.1, 0.15) is 5.56 Å². The molecule has 1 amide bonds. The van der Waals surface area contributed by atoms with Crippen LogP contribution in [0, 0.1) is 12.3 Å². The summed E-state index contributed by atoms with van der Waals surface area (Å²) in [4.78, 5) is 10.9. The summed E-state index contributed by atoms with van der Waals surface area (Å²) in [7, 11) is 0. The van der Waals surface area contributed by atoms with Crippen molar-refractivity contribution < 1.29 is 9.90 Å². The molecule has 2 N–H and O–H groups in total. The Hall–Kier alpha value is -1.79. The minimum Gasteiger partial charge on any atom is -0.394 e. The number of carbonyl (C=O) groups is 1. The average Bonchev–Trinajstić information content (AvgIpc) is 2.29. The highest BCUT2D eigenvalue weighted by molar-refractivity contribution is 5.93. The van der Waals surface area contributed by atoms with Gasteiger partial charge in [-0.1, -0.05) is 30.3 Å². The van der Waals surface area contributed by atoms with E-state index >= 15 is 0 Å². The molecule has 0 aliphatic rings. The van der Waals surface area contributed by atoms with Crippen molar-refractivity contribution in [3.05, 3.63) is 35.9 Å². The standard InChI is InChI=1S/C12H13NO2/c1-2-12(15)13-11(9-14)8-10-6-4-3-5-7-10/h1,3-7,11,14H,8-9H2,(H,13,15)/t11-/m1/s1. The summed E-state index contributed by atoms with van der Waals surface area (Å²) in [5.74, 6) is 1.46. The fourth-order valence-corrected chi connectivity index (χ4v) is 1.29. The van der Waals surface area contributed by atoms with Crippen molar-refractivity contribution in [2.45, 2.75) is 12.5 Å². The van der Waals surface area contributed by atoms with Gasteiger partial charge in [-0.3, -0.25) is 4.79 Å². The van der Waals surface area contributed by atoms with E-state index in [0.717, 1.165) is 5.56 Å². The predicted octanol–water partition coefficient (Wildman–Crippen LogP) is 0.339. The van der Waals surface area contributed by atoms with Crippen molar-refractivity contribution in [2.24, 2.45) is 0 Å². The van der Waals surface area contributed by atoms with Gasteiger partial charge in [-0.2, -0.15) is 0 Å². The van der Waals surface area contributed by atoms with E-state index in [4.69, 9.17) is 11.5 Å². The van der Waals surface area contributed by atoms with Crippen molar-refractivity contribution in [3.63, 3.8) is 0 Å². The topological polar surface area (TPSA) is 49.3 Å². The fourth-order valence-electron chi connectivity index (χ4n) is 1.29. The Morgan fingerprint density at radius 1 is 1.47 bits per heavy atom. The highest BCUT2D eigenvalue weighted by atomic mass is 16.3. The SMILES string of the molecule is C#CC(=O)N[C@@H](CO)Cc1ccccc1. The molecule has 78 valence electrons. The Labute approximate surface area is 89.1 Å². The van der Waals surface area contributed by atoms with Crippen LogP contribution >= 0.6 is 0 Å². The van der Waals surface area contributed by atoms with Gasteiger partial charge in [0.05, 0.1) is 12.6 Å². The lowest BCUT2D eigenvalue weighted by atomic mass is 10.1. The summed E-state index contributed by atoms with van der Waals surface area (Å²) in [5, 5.41) is 11.6. The molecule has 0 aromatic heterocycles. The molecule has 0 aliphatic carbocycles. The van der Waals surface area contributed by atoms with Crippen molar-refractivity contribution in [1.29, 1.82) is 0 Å². The first kappa shape index (κ1) is 11.3. The number of amides is 1. The number of terminal acetylenes is 1. The second-order valence-corrected chi connectivity index (χ2v) is 3.19. The largest absolute Gasteiger partial charge is 0.394 e. The third-order valence-corrected chi connectivity index (χ3v) is 2.01. The van der Waals surface area contributed by atoms with Gasteiger partial charge in [0.2, 0.25) is 0 Å². The minimum atomic E-state index is -0.495. The third-order valence-electron chi connectivity index (χ3n) is 2.01. The highest BCUT2D eigenvalue weighted by Gasteiger charge is 2.09. The fraction of sp³-hybridized carbons (Fsp3) is 0.250. The zero-order valence-corrected chi connectivity index (χ0v) is 8.31. The van der Waals surface area contributed by atoms with Gasteiger partial charge in [0.15, 0.2) is 0 Å². The number of hydrogen-bond acceptors (Lipinski definition) is 2. The molecule has 0 radical (unpaired) electrons. The van der Waals surface area contributed by atoms with E-state index in [0.29, 0.717) is 6.42 Å². The Kier molecular flexibility index (Phi) is 4.39. The third kappa shape index (κ3) is 3.84. The number of benzene rings is 1. The van der Waals surface area contributed by atoms with Crippen LogP contribution in [-0.2, 0) is 11.2 Å². The maximum atomic E-state index is 10.9. The Balaban J connectivity index is 2.55. The molecule has 1 rings (SSSR count). The Bertz CT molecular complexity index is 354. The van der Waals surface area contributed by atoms with E-state index in [1.165, 1.54) is 0 Å². The van der Waals surface area contributed by atoms with Crippen LogP contribution in [-0.4, -0.2) is 23.7 Å². The quantitative estimate of drug-likeness (QED) is 0.693. The number of rotatable bonds is 4. The number of hydrogen-bond donors (Lipinski definition) is 2. The molecule has 0 unspecified atom stereocenters. The molecule has 0 spiro atoms. The summed E-state index contributed by atoms with van der Waals surface area (Å²) in [6.45, 7) is -0.123. The van der Waals surface area contributed by atoms with Crippen molar-refractivity contribution in [3.8, 4) is 12.3 Å². The molecule has 1 atom stereocenters. The maximum Gasteiger partial charge on any atom is 0.295 e. The lowest BCUT2D eigenvalue weighted by molar-refractivity contribution is -0.116. The van der Waals surface area contributed by atoms with Crippen LogP contribution in [0.15, 0.2) is 30.3 Å². The molecular weight excluding hydrogens is 190 g/mol. The highest BCUT2D eigenvalue weighted by Crippen LogP contribution is 2.02. The number of nitrogens with one attached hydrogen (secondary N) is 1. The molecule has 1 aromatic carbocycles. The summed E-state index contributed by atoms with van der Waals surface area (Å²) >= 11 is 0. The molecule has 0 saturated carbocycles. The number of aliphatic hydroxyl groups is 1. The van der Waals surface area contributed by atoms with Gasteiger partial charge >= 0.3 is 0 Å². The molecule has 0 aliphatic heterocycles. The first-order valence-corrected chi connectivity index (χ1v) is 4.68. The molecule has 15 heavy (non-hydrogen) atoms. The van der Waals surface area contributed by atoms with Gasteiger partial charge in [0.1, 0.15) is 0 Å². The van der Waals surface area contributed by atoms with Crippen LogP contribution in [0.5, 0.6) is 0 Å². The van der Waals surface area contributed by atoms with Crippen LogP contribution in [0.2, 0.25) is 0 Å². The van der Waals surface area contributed by atoms with Gasteiger partial charge in [-0.25, -0.2) is 0 Å². The van der Waals surface area contributed by atoms with Crippen LogP contribution in [0.4, 0.5) is 0 Å². The van der Waals surface area contributed by atoms with E-state index in [9.17, 15) is 4.79 Å². The second-order valence-electron chi connectivity index (χ2n) is 3.19. The number of aliphatic hydroxyl groups excluding tert-OH is 1. The molecular formula is C12H13NO2. The summed E-state index contributed by atoms with van der Waals surface area (Å²) < 4.78 is 0. The van der Waals surface area contributed by atoms with E-state index in [-0.39, 0.29) is 12.6 Å². The lowest BCUT2D eigenvalue weighted by Crippen LogP contribution is -2.38. The molecule has 0 bridgehead atoms. The van der Waals surface area contributed by atoms with Gasteiger partial charge in [0.25, 0.3) is 5.91 Å². The monoisotopic (exact) mass is 203 g/mol. The summed E-state index contributed by atoms with van der Waals surface area (Å²) in [6.07, 6.45) is 5.50. The maximum absolute atomic E-state index is 10.9. The Morgan fingerprint density at radius 2 is 2.13 bits per heavy atom. The van der Waals surface area contributed by atoms with Crippen LogP contribution in [0.3, 0.4) is 0 Å². The van der Waals surface area contributed by atoms with Gasteiger partial charge in [-0.05, 0) is 17.9 Å². The lowest BCUT2D eigenvalue weighted by Gasteiger charge is -2.14. The van der Waals surface area contributed by atoms with Gasteiger partial charge < -0.3 is 10.4 Å².